The molecule has 8 aromatic rings. The molecule has 0 N–H and O–H groups in total. The number of nitrogens with zero attached hydrogens (tertiary/aromatic N) is 2. The van der Waals surface area contributed by atoms with Crippen LogP contribution in [0.3, 0.4) is 0 Å². The molecule has 0 aliphatic heterocycles. The van der Waals surface area contributed by atoms with Gasteiger partial charge in [-0.05, 0) is 115 Å². The van der Waals surface area contributed by atoms with E-state index in [1.807, 2.05) is 36.7 Å². The lowest BCUT2D eigenvalue weighted by molar-refractivity contribution is 1.33. The number of hydrogen-bond acceptors (Lipinski definition) is 2. The van der Waals surface area contributed by atoms with E-state index >= 15 is 0 Å². The summed E-state index contributed by atoms with van der Waals surface area (Å²) in [6.45, 7) is 0. The predicted molar refractivity (Wildman–Crippen MR) is 160 cm³/mol. The fraction of sp³-hybridized carbons (Fsp3) is 0. The Hall–Kier alpha value is -5.08. The van der Waals surface area contributed by atoms with Gasteiger partial charge in [-0.3, -0.25) is 9.97 Å². The second-order valence-electron chi connectivity index (χ2n) is 9.93. The van der Waals surface area contributed by atoms with E-state index in [0.717, 1.165) is 22.5 Å². The molecule has 0 saturated carbocycles. The summed E-state index contributed by atoms with van der Waals surface area (Å²) in [5, 5.41) is 12.6. The second kappa shape index (κ2) is 8.22. The SMILES string of the molecule is c1ccc(-c2ccc3cc4c(ccc5c6cc7ccc(-c8ccccn8)cc7cc6ccc45)cc3c2)nc1. The van der Waals surface area contributed by atoms with Crippen molar-refractivity contribution in [1.29, 1.82) is 0 Å². The van der Waals surface area contributed by atoms with Gasteiger partial charge in [0.05, 0.1) is 11.4 Å². The van der Waals surface area contributed by atoms with Crippen LogP contribution < -0.4 is 0 Å². The predicted octanol–water partition coefficient (Wildman–Crippen LogP) is 9.58. The summed E-state index contributed by atoms with van der Waals surface area (Å²) in [7, 11) is 0. The molecule has 6 aromatic carbocycles. The van der Waals surface area contributed by atoms with Crippen molar-refractivity contribution >= 4 is 53.9 Å². The average molecular weight is 483 g/mol. The van der Waals surface area contributed by atoms with E-state index in [-0.39, 0.29) is 0 Å². The number of hydrogen-bond donors (Lipinski definition) is 0. The third-order valence-electron chi connectivity index (χ3n) is 7.67. The summed E-state index contributed by atoms with van der Waals surface area (Å²) < 4.78 is 0. The standard InChI is InChI=1S/C36H22N2/c1-3-15-37-35(5-1)27-9-7-23-21-33-25(17-29(23)19-27)11-13-32-31(33)14-12-26-18-30-20-28(36-6-2-4-16-38-36)10-8-24(30)22-34(26)32/h1-22H. The van der Waals surface area contributed by atoms with Gasteiger partial charge in [-0.1, -0.05) is 60.7 Å². The highest BCUT2D eigenvalue weighted by molar-refractivity contribution is 6.21. The summed E-state index contributed by atoms with van der Waals surface area (Å²) in [6.07, 6.45) is 3.69. The van der Waals surface area contributed by atoms with E-state index in [2.05, 4.69) is 107 Å². The molecule has 0 saturated heterocycles. The molecule has 0 atom stereocenters. The zero-order chi connectivity index (χ0) is 25.1. The van der Waals surface area contributed by atoms with E-state index in [1.165, 1.54) is 53.9 Å². The quantitative estimate of drug-likeness (QED) is 0.181. The third-order valence-corrected chi connectivity index (χ3v) is 7.67. The first-order valence-corrected chi connectivity index (χ1v) is 12.9. The van der Waals surface area contributed by atoms with Crippen LogP contribution in [0.25, 0.3) is 76.4 Å². The van der Waals surface area contributed by atoms with Crippen LogP contribution in [0.1, 0.15) is 0 Å². The van der Waals surface area contributed by atoms with Gasteiger partial charge in [-0.25, -0.2) is 0 Å². The first kappa shape index (κ1) is 21.0. The molecule has 0 radical (unpaired) electrons. The average Bonchev–Trinajstić information content (AvgIpc) is 2.99. The number of fused-ring (bicyclic) bond motifs is 7. The number of benzene rings is 6. The van der Waals surface area contributed by atoms with Crippen molar-refractivity contribution in [2.45, 2.75) is 0 Å². The molecule has 0 spiro atoms. The molecule has 176 valence electrons. The van der Waals surface area contributed by atoms with Crippen LogP contribution in [-0.4, -0.2) is 9.97 Å². The van der Waals surface area contributed by atoms with E-state index in [0.29, 0.717) is 0 Å². The minimum atomic E-state index is 0.999. The number of rotatable bonds is 2. The largest absolute Gasteiger partial charge is 0.256 e. The minimum absolute atomic E-state index is 0.999. The van der Waals surface area contributed by atoms with Gasteiger partial charge in [0, 0.05) is 23.5 Å². The lowest BCUT2D eigenvalue weighted by Gasteiger charge is -2.11. The zero-order valence-corrected chi connectivity index (χ0v) is 20.6. The smallest absolute Gasteiger partial charge is 0.0702 e. The topological polar surface area (TPSA) is 25.8 Å². The number of pyridine rings is 2. The van der Waals surface area contributed by atoms with E-state index < -0.39 is 0 Å². The van der Waals surface area contributed by atoms with Crippen LogP contribution >= 0.6 is 0 Å². The molecule has 0 amide bonds. The Morgan fingerprint density at radius 2 is 0.789 bits per heavy atom. The summed E-state index contributed by atoms with van der Waals surface area (Å²) in [5.74, 6) is 0. The Balaban J connectivity index is 1.30. The molecule has 38 heavy (non-hydrogen) atoms. The maximum Gasteiger partial charge on any atom is 0.0702 e. The molecule has 0 unspecified atom stereocenters. The Bertz CT molecular complexity index is 2010. The minimum Gasteiger partial charge on any atom is -0.256 e. The van der Waals surface area contributed by atoms with Crippen molar-refractivity contribution in [3.8, 4) is 22.5 Å². The van der Waals surface area contributed by atoms with Gasteiger partial charge in [0.2, 0.25) is 0 Å². The van der Waals surface area contributed by atoms with Gasteiger partial charge >= 0.3 is 0 Å². The van der Waals surface area contributed by atoms with Gasteiger partial charge in [-0.2, -0.15) is 0 Å². The Morgan fingerprint density at radius 1 is 0.316 bits per heavy atom. The lowest BCUT2D eigenvalue weighted by atomic mass is 9.93. The van der Waals surface area contributed by atoms with Gasteiger partial charge in [0.25, 0.3) is 0 Å². The van der Waals surface area contributed by atoms with Crippen molar-refractivity contribution in [3.63, 3.8) is 0 Å². The molecule has 2 aromatic heterocycles. The van der Waals surface area contributed by atoms with Crippen LogP contribution in [0.2, 0.25) is 0 Å². The summed E-state index contributed by atoms with van der Waals surface area (Å²) in [6, 6.07) is 43.7. The van der Waals surface area contributed by atoms with E-state index in [9.17, 15) is 0 Å². The Kier molecular flexibility index (Phi) is 4.55. The first-order chi connectivity index (χ1) is 18.8. The summed E-state index contributed by atoms with van der Waals surface area (Å²) in [5.41, 5.74) is 4.28. The fourth-order valence-electron chi connectivity index (χ4n) is 5.75. The highest BCUT2D eigenvalue weighted by Gasteiger charge is 2.09. The molecule has 2 nitrogen and oxygen atoms in total. The normalized spacial score (nSPS) is 11.7. The van der Waals surface area contributed by atoms with Crippen LogP contribution in [0.5, 0.6) is 0 Å². The molecule has 0 fully saturated rings. The third kappa shape index (κ3) is 3.35. The molecule has 0 bridgehead atoms. The maximum atomic E-state index is 4.53. The molecule has 2 heterocycles. The van der Waals surface area contributed by atoms with Crippen LogP contribution in [0.4, 0.5) is 0 Å². The summed E-state index contributed by atoms with van der Waals surface area (Å²) >= 11 is 0. The number of aromatic nitrogens is 2. The highest BCUT2D eigenvalue weighted by Crippen LogP contribution is 2.36. The Morgan fingerprint density at radius 3 is 1.24 bits per heavy atom. The van der Waals surface area contributed by atoms with Crippen molar-refractivity contribution in [1.82, 2.24) is 9.97 Å². The molecule has 2 heteroatoms. The highest BCUT2D eigenvalue weighted by atomic mass is 14.7. The monoisotopic (exact) mass is 482 g/mol. The molecule has 8 rings (SSSR count). The first-order valence-electron chi connectivity index (χ1n) is 12.9. The van der Waals surface area contributed by atoms with Gasteiger partial charge in [0.15, 0.2) is 0 Å². The lowest BCUT2D eigenvalue weighted by Crippen LogP contribution is -1.86. The van der Waals surface area contributed by atoms with Crippen molar-refractivity contribution < 1.29 is 0 Å². The van der Waals surface area contributed by atoms with Crippen LogP contribution in [0, 0.1) is 0 Å². The van der Waals surface area contributed by atoms with Crippen molar-refractivity contribution in [3.05, 3.63) is 134 Å². The zero-order valence-electron chi connectivity index (χ0n) is 20.6. The molecular weight excluding hydrogens is 460 g/mol. The van der Waals surface area contributed by atoms with E-state index in [1.54, 1.807) is 0 Å². The second-order valence-corrected chi connectivity index (χ2v) is 9.93. The van der Waals surface area contributed by atoms with Gasteiger partial charge in [-0.15, -0.1) is 0 Å². The molecule has 0 aliphatic rings. The van der Waals surface area contributed by atoms with Crippen LogP contribution in [-0.2, 0) is 0 Å². The van der Waals surface area contributed by atoms with Crippen molar-refractivity contribution in [2.24, 2.45) is 0 Å². The van der Waals surface area contributed by atoms with Crippen molar-refractivity contribution in [2.75, 3.05) is 0 Å². The van der Waals surface area contributed by atoms with E-state index in [4.69, 9.17) is 0 Å². The Labute approximate surface area is 219 Å². The van der Waals surface area contributed by atoms with Crippen LogP contribution in [0.15, 0.2) is 134 Å². The maximum absolute atomic E-state index is 4.53. The van der Waals surface area contributed by atoms with Gasteiger partial charge < -0.3 is 0 Å². The molecule has 0 aliphatic carbocycles. The molecular formula is C36H22N2. The van der Waals surface area contributed by atoms with Gasteiger partial charge in [0.1, 0.15) is 0 Å². The summed E-state index contributed by atoms with van der Waals surface area (Å²) in [4.78, 5) is 9.05. The fourth-order valence-corrected chi connectivity index (χ4v) is 5.75.